The van der Waals surface area contributed by atoms with Gasteiger partial charge in [-0.15, -0.1) is 0 Å². The number of halogens is 1. The fraction of sp³-hybridized carbons (Fsp3) is 0.538. The van der Waals surface area contributed by atoms with E-state index in [-0.39, 0.29) is 0 Å². The SMILES string of the molecule is COc1cc([C@@H]2CCCCN2)c(OC)cc1Br. The van der Waals surface area contributed by atoms with Gasteiger partial charge in [0.05, 0.1) is 18.7 Å². The van der Waals surface area contributed by atoms with Crippen LogP contribution in [0.25, 0.3) is 0 Å². The second kappa shape index (κ2) is 5.74. The molecular formula is C13H18BrNO2. The maximum atomic E-state index is 5.45. The van der Waals surface area contributed by atoms with Gasteiger partial charge in [0, 0.05) is 11.6 Å². The summed E-state index contributed by atoms with van der Waals surface area (Å²) < 4.78 is 11.7. The first-order valence-corrected chi connectivity index (χ1v) is 6.70. The molecule has 0 aliphatic carbocycles. The highest BCUT2D eigenvalue weighted by Gasteiger charge is 2.20. The van der Waals surface area contributed by atoms with Crippen LogP contribution in [0.3, 0.4) is 0 Å². The number of hydrogen-bond donors (Lipinski definition) is 1. The van der Waals surface area contributed by atoms with Gasteiger partial charge >= 0.3 is 0 Å². The van der Waals surface area contributed by atoms with Gasteiger partial charge in [0.2, 0.25) is 0 Å². The molecule has 0 amide bonds. The molecule has 0 bridgehead atoms. The molecule has 1 aliphatic rings. The second-order valence-electron chi connectivity index (χ2n) is 4.23. The van der Waals surface area contributed by atoms with Crippen LogP contribution >= 0.6 is 15.9 Å². The first-order valence-electron chi connectivity index (χ1n) is 5.91. The molecule has 1 heterocycles. The molecule has 1 saturated heterocycles. The molecule has 0 unspecified atom stereocenters. The van der Waals surface area contributed by atoms with E-state index < -0.39 is 0 Å². The molecule has 4 heteroatoms. The smallest absolute Gasteiger partial charge is 0.133 e. The minimum atomic E-state index is 0.376. The summed E-state index contributed by atoms with van der Waals surface area (Å²) in [6.07, 6.45) is 3.67. The summed E-state index contributed by atoms with van der Waals surface area (Å²) in [6, 6.07) is 4.41. The maximum Gasteiger partial charge on any atom is 0.133 e. The number of nitrogens with one attached hydrogen (secondary N) is 1. The van der Waals surface area contributed by atoms with E-state index in [4.69, 9.17) is 9.47 Å². The normalized spacial score (nSPS) is 20.1. The molecule has 17 heavy (non-hydrogen) atoms. The summed E-state index contributed by atoms with van der Waals surface area (Å²) in [7, 11) is 3.39. The van der Waals surface area contributed by atoms with Crippen LogP contribution in [0, 0.1) is 0 Å². The van der Waals surface area contributed by atoms with E-state index in [2.05, 4.69) is 27.3 Å². The molecule has 3 nitrogen and oxygen atoms in total. The highest BCUT2D eigenvalue weighted by atomic mass is 79.9. The van der Waals surface area contributed by atoms with Crippen LogP contribution in [0.5, 0.6) is 11.5 Å². The third-order valence-electron chi connectivity index (χ3n) is 3.19. The van der Waals surface area contributed by atoms with Crippen LogP contribution in [0.2, 0.25) is 0 Å². The Morgan fingerprint density at radius 3 is 2.53 bits per heavy atom. The van der Waals surface area contributed by atoms with Gasteiger partial charge in [0.25, 0.3) is 0 Å². The van der Waals surface area contributed by atoms with Crippen LogP contribution in [-0.2, 0) is 0 Å². The molecular weight excluding hydrogens is 282 g/mol. The number of benzene rings is 1. The van der Waals surface area contributed by atoms with Gasteiger partial charge in [-0.25, -0.2) is 0 Å². The van der Waals surface area contributed by atoms with E-state index in [0.717, 1.165) is 28.9 Å². The fourth-order valence-electron chi connectivity index (χ4n) is 2.27. The Hall–Kier alpha value is -0.740. The van der Waals surface area contributed by atoms with Gasteiger partial charge in [-0.2, -0.15) is 0 Å². The van der Waals surface area contributed by atoms with Crippen molar-refractivity contribution < 1.29 is 9.47 Å². The fourth-order valence-corrected chi connectivity index (χ4v) is 2.76. The van der Waals surface area contributed by atoms with Crippen molar-refractivity contribution in [2.75, 3.05) is 20.8 Å². The molecule has 0 saturated carbocycles. The zero-order valence-corrected chi connectivity index (χ0v) is 11.8. The zero-order chi connectivity index (χ0) is 12.3. The van der Waals surface area contributed by atoms with Crippen molar-refractivity contribution in [2.45, 2.75) is 25.3 Å². The van der Waals surface area contributed by atoms with Crippen LogP contribution < -0.4 is 14.8 Å². The summed E-state index contributed by atoms with van der Waals surface area (Å²) >= 11 is 3.48. The molecule has 1 aromatic rings. The predicted molar refractivity (Wildman–Crippen MR) is 71.8 cm³/mol. The van der Waals surface area contributed by atoms with Crippen molar-refractivity contribution in [1.29, 1.82) is 0 Å². The summed E-state index contributed by atoms with van der Waals surface area (Å²) in [5.41, 5.74) is 1.19. The van der Waals surface area contributed by atoms with Crippen LogP contribution in [0.1, 0.15) is 30.9 Å². The average Bonchev–Trinajstić information content (AvgIpc) is 2.39. The Morgan fingerprint density at radius 1 is 1.18 bits per heavy atom. The summed E-state index contributed by atoms with van der Waals surface area (Å²) in [4.78, 5) is 0. The lowest BCUT2D eigenvalue weighted by Gasteiger charge is -2.26. The van der Waals surface area contributed by atoms with E-state index >= 15 is 0 Å². The molecule has 94 valence electrons. The van der Waals surface area contributed by atoms with Crippen LogP contribution in [0.15, 0.2) is 16.6 Å². The van der Waals surface area contributed by atoms with E-state index in [0.29, 0.717) is 6.04 Å². The summed E-state index contributed by atoms with van der Waals surface area (Å²) in [5, 5.41) is 3.53. The largest absolute Gasteiger partial charge is 0.496 e. The number of piperidine rings is 1. The predicted octanol–water partition coefficient (Wildman–Crippen LogP) is 3.28. The summed E-state index contributed by atoms with van der Waals surface area (Å²) in [5.74, 6) is 1.77. The number of hydrogen-bond acceptors (Lipinski definition) is 3. The molecule has 1 aromatic carbocycles. The Balaban J connectivity index is 2.35. The van der Waals surface area contributed by atoms with Gasteiger partial charge in [-0.3, -0.25) is 0 Å². The second-order valence-corrected chi connectivity index (χ2v) is 5.09. The molecule has 0 aromatic heterocycles. The molecule has 0 spiro atoms. The van der Waals surface area contributed by atoms with Crippen molar-refractivity contribution in [3.8, 4) is 11.5 Å². The molecule has 1 fully saturated rings. The third-order valence-corrected chi connectivity index (χ3v) is 3.81. The van der Waals surface area contributed by atoms with Crippen molar-refractivity contribution in [1.82, 2.24) is 5.32 Å². The van der Waals surface area contributed by atoms with Crippen molar-refractivity contribution in [3.05, 3.63) is 22.2 Å². The summed E-state index contributed by atoms with van der Waals surface area (Å²) in [6.45, 7) is 1.08. The number of ether oxygens (including phenoxy) is 2. The first-order chi connectivity index (χ1) is 8.26. The van der Waals surface area contributed by atoms with E-state index in [9.17, 15) is 0 Å². The molecule has 1 N–H and O–H groups in total. The van der Waals surface area contributed by atoms with E-state index in [1.165, 1.54) is 18.4 Å². The molecule has 2 rings (SSSR count). The van der Waals surface area contributed by atoms with Crippen molar-refractivity contribution in [3.63, 3.8) is 0 Å². The minimum Gasteiger partial charge on any atom is -0.496 e. The third kappa shape index (κ3) is 2.75. The first kappa shape index (κ1) is 12.7. The van der Waals surface area contributed by atoms with Gasteiger partial charge in [-0.05, 0) is 47.4 Å². The lowest BCUT2D eigenvalue weighted by atomic mass is 9.96. The quantitative estimate of drug-likeness (QED) is 0.929. The lowest BCUT2D eigenvalue weighted by molar-refractivity contribution is 0.367. The zero-order valence-electron chi connectivity index (χ0n) is 10.3. The monoisotopic (exact) mass is 299 g/mol. The lowest BCUT2D eigenvalue weighted by Crippen LogP contribution is -2.27. The Labute approximate surface area is 111 Å². The van der Waals surface area contributed by atoms with Gasteiger partial charge < -0.3 is 14.8 Å². The average molecular weight is 300 g/mol. The highest BCUT2D eigenvalue weighted by Crippen LogP contribution is 2.37. The molecule has 1 atom stereocenters. The topological polar surface area (TPSA) is 30.5 Å². The number of methoxy groups -OCH3 is 2. The number of rotatable bonds is 3. The van der Waals surface area contributed by atoms with Crippen molar-refractivity contribution >= 4 is 15.9 Å². The maximum absolute atomic E-state index is 5.45. The molecule has 1 aliphatic heterocycles. The van der Waals surface area contributed by atoms with Crippen LogP contribution in [-0.4, -0.2) is 20.8 Å². The van der Waals surface area contributed by atoms with Gasteiger partial charge in [-0.1, -0.05) is 6.42 Å². The Bertz CT molecular complexity index is 389. The standard InChI is InChI=1S/C13H18BrNO2/c1-16-12-8-10(14)13(17-2)7-9(12)11-5-3-4-6-15-11/h7-8,11,15H,3-6H2,1-2H3/t11-/m0/s1. The van der Waals surface area contributed by atoms with Crippen molar-refractivity contribution in [2.24, 2.45) is 0 Å². The Kier molecular flexibility index (Phi) is 4.29. The highest BCUT2D eigenvalue weighted by molar-refractivity contribution is 9.10. The Morgan fingerprint density at radius 2 is 1.94 bits per heavy atom. The van der Waals surface area contributed by atoms with Crippen LogP contribution in [0.4, 0.5) is 0 Å². The van der Waals surface area contributed by atoms with Gasteiger partial charge in [0.15, 0.2) is 0 Å². The van der Waals surface area contributed by atoms with E-state index in [1.807, 2.05) is 6.07 Å². The molecule has 0 radical (unpaired) electrons. The van der Waals surface area contributed by atoms with Gasteiger partial charge in [0.1, 0.15) is 11.5 Å². The van der Waals surface area contributed by atoms with E-state index in [1.54, 1.807) is 14.2 Å². The minimum absolute atomic E-state index is 0.376.